The monoisotopic (exact) mass is 573 g/mol. The van der Waals surface area contributed by atoms with E-state index in [9.17, 15) is 13.2 Å². The number of sulfone groups is 1. The maximum atomic E-state index is 12.9. The molecular weight excluding hydrogens is 542 g/mol. The van der Waals surface area contributed by atoms with Crippen molar-refractivity contribution in [3.8, 4) is 11.4 Å². The van der Waals surface area contributed by atoms with Crippen LogP contribution in [0.3, 0.4) is 0 Å². The summed E-state index contributed by atoms with van der Waals surface area (Å²) in [5.41, 5.74) is 4.95. The minimum atomic E-state index is -3.51. The fourth-order valence-corrected chi connectivity index (χ4v) is 6.72. The molecule has 2 aliphatic heterocycles. The molecule has 5 heterocycles. The first kappa shape index (κ1) is 27.3. The Bertz CT molecular complexity index is 1740. The van der Waals surface area contributed by atoms with Gasteiger partial charge in [-0.25, -0.2) is 18.4 Å². The summed E-state index contributed by atoms with van der Waals surface area (Å²) < 4.78 is 35.9. The van der Waals surface area contributed by atoms with Gasteiger partial charge in [-0.1, -0.05) is 12.1 Å². The first-order valence-electron chi connectivity index (χ1n) is 13.5. The molecule has 3 aromatic heterocycles. The summed E-state index contributed by atoms with van der Waals surface area (Å²) in [6, 6.07) is 14.8. The molecule has 6 rings (SSSR count). The second-order valence-electron chi connectivity index (χ2n) is 10.4. The molecule has 0 spiro atoms. The predicted molar refractivity (Wildman–Crippen MR) is 154 cm³/mol. The number of methoxy groups -OCH3 is 1. The molecule has 0 fully saturated rings. The van der Waals surface area contributed by atoms with E-state index < -0.39 is 9.84 Å². The Hall–Kier alpha value is -3.93. The van der Waals surface area contributed by atoms with Gasteiger partial charge >= 0.3 is 0 Å². The first-order valence-corrected chi connectivity index (χ1v) is 15.2. The summed E-state index contributed by atoms with van der Waals surface area (Å²) in [6.45, 7) is 1.16. The summed E-state index contributed by atoms with van der Waals surface area (Å²) >= 11 is 0. The quantitative estimate of drug-likeness (QED) is 0.370. The molecule has 4 aromatic rings. The van der Waals surface area contributed by atoms with Crippen molar-refractivity contribution in [3.05, 3.63) is 77.1 Å². The minimum absolute atomic E-state index is 0.104. The summed E-state index contributed by atoms with van der Waals surface area (Å²) in [4.78, 5) is 29.5. The normalized spacial score (nSPS) is 17.9. The van der Waals surface area contributed by atoms with E-state index in [-0.39, 0.29) is 47.9 Å². The second-order valence-corrected chi connectivity index (χ2v) is 12.5. The number of pyridine rings is 3. The third kappa shape index (κ3) is 5.52. The Morgan fingerprint density at radius 1 is 1.10 bits per heavy atom. The van der Waals surface area contributed by atoms with Crippen molar-refractivity contribution >= 4 is 32.5 Å². The molecule has 0 unspecified atom stereocenters. The van der Waals surface area contributed by atoms with Crippen LogP contribution in [0.25, 0.3) is 22.3 Å². The third-order valence-corrected chi connectivity index (χ3v) is 9.44. The highest BCUT2D eigenvalue weighted by Crippen LogP contribution is 2.31. The lowest BCUT2D eigenvalue weighted by Gasteiger charge is -2.34. The van der Waals surface area contributed by atoms with Crippen LogP contribution >= 0.6 is 0 Å². The number of amides is 1. The van der Waals surface area contributed by atoms with Crippen molar-refractivity contribution in [2.75, 3.05) is 38.0 Å². The molecule has 1 atom stereocenters. The Morgan fingerprint density at radius 3 is 2.76 bits per heavy atom. The molecule has 0 saturated carbocycles. The number of nitrogens with one attached hydrogen (secondary N) is 1. The zero-order valence-electron chi connectivity index (χ0n) is 23.0. The minimum Gasteiger partial charge on any atom is -0.383 e. The van der Waals surface area contributed by atoms with Crippen LogP contribution in [0.1, 0.15) is 33.6 Å². The molecule has 1 amide bonds. The highest BCUT2D eigenvalue weighted by molar-refractivity contribution is 7.91. The van der Waals surface area contributed by atoms with Gasteiger partial charge in [0.05, 0.1) is 65.7 Å². The highest BCUT2D eigenvalue weighted by atomic mass is 32.2. The van der Waals surface area contributed by atoms with Gasteiger partial charge in [-0.05, 0) is 60.4 Å². The molecule has 0 bridgehead atoms. The smallest absolute Gasteiger partial charge is 0.251 e. The maximum absolute atomic E-state index is 12.9. The lowest BCUT2D eigenvalue weighted by Crippen LogP contribution is -2.39. The summed E-state index contributed by atoms with van der Waals surface area (Å²) in [7, 11) is 0.268. The average molecular weight is 574 g/mol. The van der Waals surface area contributed by atoms with Crippen molar-refractivity contribution < 1.29 is 22.7 Å². The van der Waals surface area contributed by atoms with Crippen molar-refractivity contribution in [3.63, 3.8) is 0 Å². The van der Waals surface area contributed by atoms with Crippen LogP contribution in [-0.4, -0.2) is 68.4 Å². The van der Waals surface area contributed by atoms with E-state index in [4.69, 9.17) is 19.4 Å². The lowest BCUT2D eigenvalue weighted by atomic mass is 9.99. The van der Waals surface area contributed by atoms with E-state index in [1.54, 1.807) is 25.4 Å². The lowest BCUT2D eigenvalue weighted by molar-refractivity contribution is 0.0950. The number of likely N-dealkylation sites (N-methyl/N-ethyl adjacent to an activating group) is 1. The molecule has 212 valence electrons. The van der Waals surface area contributed by atoms with Gasteiger partial charge in [0.1, 0.15) is 5.82 Å². The van der Waals surface area contributed by atoms with Gasteiger partial charge in [-0.3, -0.25) is 9.78 Å². The summed E-state index contributed by atoms with van der Waals surface area (Å²) in [5.74, 6) is 0.465. The van der Waals surface area contributed by atoms with Crippen LogP contribution in [0.2, 0.25) is 0 Å². The van der Waals surface area contributed by atoms with Crippen LogP contribution in [-0.2, 0) is 38.9 Å². The largest absolute Gasteiger partial charge is 0.383 e. The molecule has 41 heavy (non-hydrogen) atoms. The third-order valence-electron chi connectivity index (χ3n) is 7.68. The number of hydrogen-bond acceptors (Lipinski definition) is 9. The molecule has 1 N–H and O–H groups in total. The number of fused-ring (bicyclic) bond motifs is 3. The van der Waals surface area contributed by atoms with E-state index in [1.165, 1.54) is 11.6 Å². The van der Waals surface area contributed by atoms with Gasteiger partial charge in [0.2, 0.25) is 0 Å². The number of aromatic nitrogens is 3. The zero-order chi connectivity index (χ0) is 28.6. The second kappa shape index (κ2) is 11.2. The molecule has 11 heteroatoms. The average Bonchev–Trinajstić information content (AvgIpc) is 3.14. The first-order chi connectivity index (χ1) is 19.8. The van der Waals surface area contributed by atoms with Crippen LogP contribution < -0.4 is 10.2 Å². The molecule has 2 aliphatic rings. The number of carbonyl (C=O) groups excluding carboxylic acids is 1. The molecular formula is C30H31N5O5S. The van der Waals surface area contributed by atoms with Crippen molar-refractivity contribution in [1.82, 2.24) is 20.3 Å². The van der Waals surface area contributed by atoms with Gasteiger partial charge in [-0.2, -0.15) is 0 Å². The van der Waals surface area contributed by atoms with E-state index in [1.807, 2.05) is 24.3 Å². The number of benzene rings is 1. The van der Waals surface area contributed by atoms with E-state index in [0.717, 1.165) is 41.0 Å². The van der Waals surface area contributed by atoms with Gasteiger partial charge in [0.25, 0.3) is 5.91 Å². The van der Waals surface area contributed by atoms with E-state index in [0.29, 0.717) is 17.9 Å². The van der Waals surface area contributed by atoms with Gasteiger partial charge in [0.15, 0.2) is 9.84 Å². The molecule has 0 radical (unpaired) electrons. The number of nitrogens with zero attached hydrogens (tertiary/aromatic N) is 4. The van der Waals surface area contributed by atoms with Crippen LogP contribution in [0.5, 0.6) is 0 Å². The predicted octanol–water partition coefficient (Wildman–Crippen LogP) is 3.32. The molecule has 0 saturated heterocycles. The van der Waals surface area contributed by atoms with Gasteiger partial charge < -0.3 is 19.7 Å². The number of hydrogen-bond donors (Lipinski definition) is 1. The number of ether oxygens (including phenoxy) is 2. The Balaban J connectivity index is 1.21. The molecule has 10 nitrogen and oxygen atoms in total. The number of rotatable bonds is 6. The Morgan fingerprint density at radius 2 is 1.90 bits per heavy atom. The van der Waals surface area contributed by atoms with E-state index in [2.05, 4.69) is 28.3 Å². The number of carbonyl (C=O) groups is 1. The van der Waals surface area contributed by atoms with Crippen molar-refractivity contribution in [2.45, 2.75) is 36.9 Å². The van der Waals surface area contributed by atoms with Crippen molar-refractivity contribution in [1.29, 1.82) is 0 Å². The van der Waals surface area contributed by atoms with E-state index >= 15 is 0 Å². The fraction of sp³-hybridized carbons (Fsp3) is 0.333. The van der Waals surface area contributed by atoms with Crippen LogP contribution in [0.15, 0.2) is 59.6 Å². The summed E-state index contributed by atoms with van der Waals surface area (Å²) in [5, 5.41) is 3.72. The topological polar surface area (TPSA) is 124 Å². The molecule has 0 aliphatic carbocycles. The van der Waals surface area contributed by atoms with Crippen molar-refractivity contribution in [2.24, 2.45) is 0 Å². The molecule has 1 aromatic carbocycles. The zero-order valence-corrected chi connectivity index (χ0v) is 23.8. The summed E-state index contributed by atoms with van der Waals surface area (Å²) in [6.07, 6.45) is 3.72. The Labute approximate surface area is 238 Å². The maximum Gasteiger partial charge on any atom is 0.251 e. The number of anilines is 1. The number of aryl methyl sites for hydroxylation is 1. The fourth-order valence-electron chi connectivity index (χ4n) is 5.33. The van der Waals surface area contributed by atoms with Crippen LogP contribution in [0.4, 0.5) is 5.82 Å². The van der Waals surface area contributed by atoms with Crippen LogP contribution in [0, 0.1) is 0 Å². The standard InChI is InChI=1S/C30H31N5O5S/c1-35-24(18-39-2)8-5-19-6-9-26(34-29(19)35)25-10-7-21-15-31-23(14-27(21)33-25)16-32-30(36)20-3-4-22-17-40-11-12-41(37,38)28(22)13-20/h3-4,6-7,9-10,13-15,24H,5,8,11-12,16-18H2,1-2H3,(H,32,36)/t24-/m1/s1. The van der Waals surface area contributed by atoms with Gasteiger partial charge in [-0.15, -0.1) is 0 Å². The Kier molecular flexibility index (Phi) is 7.41. The highest BCUT2D eigenvalue weighted by Gasteiger charge is 2.26. The SMILES string of the molecule is COC[C@H]1CCc2ccc(-c3ccc4cnc(CNC(=O)c5ccc6c(c5)S(=O)(=O)CCOC6)cc4n3)nc2N1C. The van der Waals surface area contributed by atoms with Gasteiger partial charge in [0, 0.05) is 31.3 Å².